The molecule has 2 aromatic rings. The summed E-state index contributed by atoms with van der Waals surface area (Å²) in [7, 11) is 1.61. The standard InChI is InChI=1S/C19H20O6/c1-22-18-5-3-2-4-13(18)9-23-10-14(20)11-24-15-6-7-16-17(21)12-25-19(16)8-15/h2-8,14,20H,9-12H2,1H3. The number of methoxy groups -OCH3 is 1. The van der Waals surface area contributed by atoms with E-state index >= 15 is 0 Å². The van der Waals surface area contributed by atoms with Gasteiger partial charge >= 0.3 is 0 Å². The minimum atomic E-state index is -0.773. The average Bonchev–Trinajstić information content (AvgIpc) is 3.01. The molecular formula is C19H20O6. The topological polar surface area (TPSA) is 74.2 Å². The van der Waals surface area contributed by atoms with Gasteiger partial charge in [0, 0.05) is 11.6 Å². The summed E-state index contributed by atoms with van der Waals surface area (Å²) < 4.78 is 21.6. The first-order chi connectivity index (χ1) is 12.2. The number of hydrogen-bond donors (Lipinski definition) is 1. The average molecular weight is 344 g/mol. The summed E-state index contributed by atoms with van der Waals surface area (Å²) in [5.41, 5.74) is 1.48. The lowest BCUT2D eigenvalue weighted by Gasteiger charge is -2.14. The third-order valence-electron chi connectivity index (χ3n) is 3.81. The molecule has 1 unspecified atom stereocenters. The van der Waals surface area contributed by atoms with Crippen LogP contribution < -0.4 is 14.2 Å². The van der Waals surface area contributed by atoms with Crippen LogP contribution in [0.15, 0.2) is 42.5 Å². The number of benzene rings is 2. The Morgan fingerprint density at radius 2 is 2.04 bits per heavy atom. The number of Topliss-reactive ketones (excluding diaryl/α,β-unsaturated/α-hetero) is 1. The van der Waals surface area contributed by atoms with Crippen molar-refractivity contribution in [1.29, 1.82) is 0 Å². The van der Waals surface area contributed by atoms with Gasteiger partial charge in [-0.2, -0.15) is 0 Å². The molecule has 0 radical (unpaired) electrons. The Bertz CT molecular complexity index is 742. The first-order valence-corrected chi connectivity index (χ1v) is 7.98. The number of aliphatic hydroxyl groups is 1. The molecular weight excluding hydrogens is 324 g/mol. The molecule has 132 valence electrons. The monoisotopic (exact) mass is 344 g/mol. The summed E-state index contributed by atoms with van der Waals surface area (Å²) in [5, 5.41) is 9.98. The Morgan fingerprint density at radius 3 is 2.88 bits per heavy atom. The van der Waals surface area contributed by atoms with Crippen LogP contribution in [0.3, 0.4) is 0 Å². The number of fused-ring (bicyclic) bond motifs is 1. The number of carbonyl (C=O) groups excluding carboxylic acids is 1. The lowest BCUT2D eigenvalue weighted by atomic mass is 10.1. The highest BCUT2D eigenvalue weighted by Gasteiger charge is 2.21. The van der Waals surface area contributed by atoms with Gasteiger partial charge in [0.1, 0.15) is 30.0 Å². The van der Waals surface area contributed by atoms with Crippen LogP contribution in [-0.4, -0.2) is 43.9 Å². The van der Waals surface area contributed by atoms with E-state index < -0.39 is 6.10 Å². The number of para-hydroxylation sites is 1. The fraction of sp³-hybridized carbons (Fsp3) is 0.316. The van der Waals surface area contributed by atoms with Gasteiger partial charge in [-0.25, -0.2) is 0 Å². The Hall–Kier alpha value is -2.57. The van der Waals surface area contributed by atoms with Gasteiger partial charge in [0.25, 0.3) is 0 Å². The molecule has 1 heterocycles. The van der Waals surface area contributed by atoms with Gasteiger partial charge in [0.2, 0.25) is 5.78 Å². The molecule has 1 aliphatic rings. The molecule has 1 aliphatic heterocycles. The van der Waals surface area contributed by atoms with Crippen molar-refractivity contribution in [1.82, 2.24) is 0 Å². The number of ketones is 1. The maximum atomic E-state index is 11.5. The first kappa shape index (κ1) is 17.3. The normalized spacial score (nSPS) is 13.9. The third kappa shape index (κ3) is 4.29. The van der Waals surface area contributed by atoms with Crippen LogP contribution >= 0.6 is 0 Å². The predicted molar refractivity (Wildman–Crippen MR) is 90.4 cm³/mol. The summed E-state index contributed by atoms with van der Waals surface area (Å²) in [6, 6.07) is 12.6. The Kier molecular flexibility index (Phi) is 5.53. The van der Waals surface area contributed by atoms with Crippen molar-refractivity contribution in [3.63, 3.8) is 0 Å². The quantitative estimate of drug-likeness (QED) is 0.792. The fourth-order valence-electron chi connectivity index (χ4n) is 2.53. The molecule has 6 nitrogen and oxygen atoms in total. The fourth-order valence-corrected chi connectivity index (χ4v) is 2.53. The number of ether oxygens (including phenoxy) is 4. The van der Waals surface area contributed by atoms with E-state index in [-0.39, 0.29) is 25.6 Å². The highest BCUT2D eigenvalue weighted by atomic mass is 16.5. The lowest BCUT2D eigenvalue weighted by molar-refractivity contribution is 0.00500. The van der Waals surface area contributed by atoms with Crippen molar-refractivity contribution >= 4 is 5.78 Å². The minimum Gasteiger partial charge on any atom is -0.496 e. The van der Waals surface area contributed by atoms with Crippen LogP contribution in [0.2, 0.25) is 0 Å². The van der Waals surface area contributed by atoms with E-state index in [9.17, 15) is 9.90 Å². The number of hydrogen-bond acceptors (Lipinski definition) is 6. The smallest absolute Gasteiger partial charge is 0.203 e. The maximum Gasteiger partial charge on any atom is 0.203 e. The van der Waals surface area contributed by atoms with Crippen LogP contribution in [0, 0.1) is 0 Å². The third-order valence-corrected chi connectivity index (χ3v) is 3.81. The van der Waals surface area contributed by atoms with Gasteiger partial charge in [-0.05, 0) is 18.2 Å². The van der Waals surface area contributed by atoms with Gasteiger partial charge in [0.05, 0.1) is 25.9 Å². The molecule has 1 N–H and O–H groups in total. The zero-order valence-electron chi connectivity index (χ0n) is 13.9. The molecule has 0 amide bonds. The number of aliphatic hydroxyl groups excluding tert-OH is 1. The second-order valence-corrected chi connectivity index (χ2v) is 5.66. The molecule has 0 bridgehead atoms. The molecule has 0 aliphatic carbocycles. The SMILES string of the molecule is COc1ccccc1COCC(O)COc1ccc2c(c1)OCC2=O. The lowest BCUT2D eigenvalue weighted by Crippen LogP contribution is -2.23. The Labute approximate surface area is 145 Å². The van der Waals surface area contributed by atoms with E-state index in [0.717, 1.165) is 11.3 Å². The van der Waals surface area contributed by atoms with Gasteiger partial charge < -0.3 is 24.1 Å². The molecule has 0 saturated heterocycles. The predicted octanol–water partition coefficient (Wildman–Crippen LogP) is 2.23. The second-order valence-electron chi connectivity index (χ2n) is 5.66. The van der Waals surface area contributed by atoms with Gasteiger partial charge in [-0.15, -0.1) is 0 Å². The molecule has 2 aromatic carbocycles. The van der Waals surface area contributed by atoms with Crippen molar-refractivity contribution in [2.75, 3.05) is 26.9 Å². The minimum absolute atomic E-state index is 0.0358. The summed E-state index contributed by atoms with van der Waals surface area (Å²) >= 11 is 0. The van der Waals surface area contributed by atoms with E-state index in [0.29, 0.717) is 23.7 Å². The van der Waals surface area contributed by atoms with E-state index in [1.807, 2.05) is 24.3 Å². The summed E-state index contributed by atoms with van der Waals surface area (Å²) in [6.07, 6.45) is -0.773. The summed E-state index contributed by atoms with van der Waals surface area (Å²) in [5.74, 6) is 1.77. The molecule has 0 saturated carbocycles. The van der Waals surface area contributed by atoms with Gasteiger partial charge in [-0.3, -0.25) is 4.79 Å². The van der Waals surface area contributed by atoms with Crippen LogP contribution in [0.5, 0.6) is 17.2 Å². The van der Waals surface area contributed by atoms with Crippen molar-refractivity contribution < 1.29 is 28.8 Å². The highest BCUT2D eigenvalue weighted by Crippen LogP contribution is 2.29. The number of rotatable bonds is 8. The molecule has 6 heteroatoms. The van der Waals surface area contributed by atoms with Crippen LogP contribution in [0.25, 0.3) is 0 Å². The van der Waals surface area contributed by atoms with Crippen molar-refractivity contribution in [3.8, 4) is 17.2 Å². The number of carbonyl (C=O) groups is 1. The molecule has 0 spiro atoms. The van der Waals surface area contributed by atoms with Crippen molar-refractivity contribution in [2.24, 2.45) is 0 Å². The largest absolute Gasteiger partial charge is 0.496 e. The molecule has 3 rings (SSSR count). The molecule has 0 fully saturated rings. The summed E-state index contributed by atoms with van der Waals surface area (Å²) in [4.78, 5) is 11.5. The van der Waals surface area contributed by atoms with Crippen molar-refractivity contribution in [2.45, 2.75) is 12.7 Å². The van der Waals surface area contributed by atoms with E-state index in [1.54, 1.807) is 25.3 Å². The molecule has 1 atom stereocenters. The van der Waals surface area contributed by atoms with Crippen LogP contribution in [-0.2, 0) is 11.3 Å². The first-order valence-electron chi connectivity index (χ1n) is 7.98. The zero-order chi connectivity index (χ0) is 17.6. The van der Waals surface area contributed by atoms with Gasteiger partial charge in [0.15, 0.2) is 6.61 Å². The van der Waals surface area contributed by atoms with Crippen molar-refractivity contribution in [3.05, 3.63) is 53.6 Å². The van der Waals surface area contributed by atoms with Crippen LogP contribution in [0.1, 0.15) is 15.9 Å². The molecule has 25 heavy (non-hydrogen) atoms. The zero-order valence-corrected chi connectivity index (χ0v) is 13.9. The highest BCUT2D eigenvalue weighted by molar-refractivity contribution is 6.02. The Balaban J connectivity index is 1.44. The Morgan fingerprint density at radius 1 is 1.20 bits per heavy atom. The second kappa shape index (κ2) is 8.00. The molecule has 0 aromatic heterocycles. The van der Waals surface area contributed by atoms with E-state index in [2.05, 4.69) is 0 Å². The maximum absolute atomic E-state index is 11.5. The summed E-state index contributed by atoms with van der Waals surface area (Å²) in [6.45, 7) is 0.630. The van der Waals surface area contributed by atoms with Gasteiger partial charge in [-0.1, -0.05) is 18.2 Å². The van der Waals surface area contributed by atoms with Crippen LogP contribution in [0.4, 0.5) is 0 Å². The van der Waals surface area contributed by atoms with E-state index in [1.165, 1.54) is 0 Å². The van der Waals surface area contributed by atoms with E-state index in [4.69, 9.17) is 18.9 Å².